The van der Waals surface area contributed by atoms with Crippen molar-refractivity contribution in [1.82, 2.24) is 9.78 Å². The van der Waals surface area contributed by atoms with E-state index in [9.17, 15) is 4.79 Å². The van der Waals surface area contributed by atoms with E-state index in [4.69, 9.17) is 16.3 Å². The zero-order valence-corrected chi connectivity index (χ0v) is 17.2. The molecule has 0 bridgehead atoms. The molecule has 0 radical (unpaired) electrons. The maximum absolute atomic E-state index is 12.5. The number of aryl methyl sites for hydroxylation is 2. The predicted molar refractivity (Wildman–Crippen MR) is 114 cm³/mol. The van der Waals surface area contributed by atoms with Gasteiger partial charge in [-0.3, -0.25) is 9.48 Å². The lowest BCUT2D eigenvalue weighted by atomic mass is 10.2. The first-order valence-electron chi connectivity index (χ1n) is 9.74. The molecule has 0 atom stereocenters. The number of ether oxygens (including phenoxy) is 1. The Kier molecular flexibility index (Phi) is 7.12. The third kappa shape index (κ3) is 4.94. The topological polar surface area (TPSA) is 59.4 Å². The molecule has 2 aromatic rings. The molecule has 0 aliphatic carbocycles. The van der Waals surface area contributed by atoms with Gasteiger partial charge < -0.3 is 15.0 Å². The van der Waals surface area contributed by atoms with Crippen LogP contribution < -0.4 is 10.2 Å². The number of amides is 1. The summed E-state index contributed by atoms with van der Waals surface area (Å²) in [6.07, 6.45) is 5.34. The molecule has 3 rings (SSSR count). The van der Waals surface area contributed by atoms with Crippen LogP contribution >= 0.6 is 11.6 Å². The second kappa shape index (κ2) is 9.75. The number of morpholine rings is 1. The molecule has 1 aromatic heterocycles. The maximum atomic E-state index is 12.5. The third-order valence-electron chi connectivity index (χ3n) is 4.75. The number of para-hydroxylation sites is 2. The van der Waals surface area contributed by atoms with Gasteiger partial charge in [-0.05, 0) is 31.6 Å². The summed E-state index contributed by atoms with van der Waals surface area (Å²) < 4.78 is 7.22. The van der Waals surface area contributed by atoms with Gasteiger partial charge in [0.25, 0.3) is 0 Å². The minimum Gasteiger partial charge on any atom is -0.378 e. The van der Waals surface area contributed by atoms with Crippen LogP contribution in [0.5, 0.6) is 0 Å². The van der Waals surface area contributed by atoms with Gasteiger partial charge in [0.15, 0.2) is 0 Å². The van der Waals surface area contributed by atoms with Crippen LogP contribution in [0.15, 0.2) is 30.3 Å². The molecule has 28 heavy (non-hydrogen) atoms. The summed E-state index contributed by atoms with van der Waals surface area (Å²) in [6, 6.07) is 7.83. The van der Waals surface area contributed by atoms with Crippen molar-refractivity contribution in [3.05, 3.63) is 46.8 Å². The van der Waals surface area contributed by atoms with Crippen molar-refractivity contribution in [3.63, 3.8) is 0 Å². The Morgan fingerprint density at radius 2 is 2.07 bits per heavy atom. The van der Waals surface area contributed by atoms with E-state index < -0.39 is 0 Å². The summed E-state index contributed by atoms with van der Waals surface area (Å²) in [7, 11) is 0. The molecule has 0 unspecified atom stereocenters. The Morgan fingerprint density at radius 3 is 2.82 bits per heavy atom. The normalized spacial score (nSPS) is 14.6. The smallest absolute Gasteiger partial charge is 0.248 e. The lowest BCUT2D eigenvalue weighted by Crippen LogP contribution is -2.36. The summed E-state index contributed by atoms with van der Waals surface area (Å²) in [6.45, 7) is 7.83. The molecule has 0 saturated carbocycles. The first-order chi connectivity index (χ1) is 13.6. The number of carbonyl (C=O) groups excluding carboxylic acids is 1. The number of aromatic nitrogens is 2. The Balaban J connectivity index is 1.70. The monoisotopic (exact) mass is 402 g/mol. The fraction of sp³-hybridized carbons (Fsp3) is 0.429. The minimum atomic E-state index is -0.197. The van der Waals surface area contributed by atoms with Gasteiger partial charge >= 0.3 is 0 Å². The Bertz CT molecular complexity index is 841. The van der Waals surface area contributed by atoms with E-state index in [1.165, 1.54) is 6.08 Å². The van der Waals surface area contributed by atoms with Gasteiger partial charge in [0, 0.05) is 31.3 Å². The number of benzene rings is 1. The van der Waals surface area contributed by atoms with Gasteiger partial charge in [0.1, 0.15) is 5.15 Å². The molecule has 0 spiro atoms. The molecule has 1 saturated heterocycles. The molecule has 1 aliphatic rings. The van der Waals surface area contributed by atoms with Gasteiger partial charge in [-0.2, -0.15) is 5.10 Å². The molecule has 1 amide bonds. The van der Waals surface area contributed by atoms with Crippen molar-refractivity contribution in [2.24, 2.45) is 0 Å². The average Bonchev–Trinajstić information content (AvgIpc) is 2.98. The number of halogens is 1. The zero-order chi connectivity index (χ0) is 19.9. The van der Waals surface area contributed by atoms with Crippen LogP contribution in [-0.4, -0.2) is 42.0 Å². The Hall–Kier alpha value is -2.31. The standard InChI is InChI=1S/C21H27ClN4O2/c1-3-4-11-26-21(22)17(16(2)24-26)9-10-20(27)23-18-7-5-6-8-19(18)25-12-14-28-15-13-25/h5-10H,3-4,11-15H2,1-2H3,(H,23,27)/b10-9+. The van der Waals surface area contributed by atoms with Crippen LogP contribution in [0.25, 0.3) is 6.08 Å². The van der Waals surface area contributed by atoms with Crippen molar-refractivity contribution in [1.29, 1.82) is 0 Å². The number of hydrogen-bond donors (Lipinski definition) is 1. The fourth-order valence-corrected chi connectivity index (χ4v) is 3.53. The highest BCUT2D eigenvalue weighted by Crippen LogP contribution is 2.27. The van der Waals surface area contributed by atoms with Crippen LogP contribution in [0.1, 0.15) is 31.0 Å². The largest absolute Gasteiger partial charge is 0.378 e. The van der Waals surface area contributed by atoms with Gasteiger partial charge in [-0.1, -0.05) is 37.1 Å². The predicted octanol–water partition coefficient (Wildman–Crippen LogP) is 4.13. The lowest BCUT2D eigenvalue weighted by molar-refractivity contribution is -0.111. The highest BCUT2D eigenvalue weighted by Gasteiger charge is 2.15. The molecule has 1 fully saturated rings. The van der Waals surface area contributed by atoms with Crippen molar-refractivity contribution < 1.29 is 9.53 Å². The quantitative estimate of drug-likeness (QED) is 0.707. The van der Waals surface area contributed by atoms with Crippen LogP contribution in [0, 0.1) is 6.92 Å². The van der Waals surface area contributed by atoms with E-state index in [1.54, 1.807) is 10.8 Å². The lowest BCUT2D eigenvalue weighted by Gasteiger charge is -2.30. The summed E-state index contributed by atoms with van der Waals surface area (Å²) in [4.78, 5) is 14.7. The molecule has 1 N–H and O–H groups in total. The van der Waals surface area contributed by atoms with E-state index in [0.29, 0.717) is 18.4 Å². The number of unbranched alkanes of at least 4 members (excludes halogenated alkanes) is 1. The van der Waals surface area contributed by atoms with E-state index in [1.807, 2.05) is 31.2 Å². The number of carbonyl (C=O) groups is 1. The van der Waals surface area contributed by atoms with E-state index in [2.05, 4.69) is 22.2 Å². The van der Waals surface area contributed by atoms with Gasteiger partial charge in [0.2, 0.25) is 5.91 Å². The second-order valence-corrected chi connectivity index (χ2v) is 7.16. The minimum absolute atomic E-state index is 0.197. The highest BCUT2D eigenvalue weighted by molar-refractivity contribution is 6.31. The number of nitrogens with zero attached hydrogens (tertiary/aromatic N) is 3. The van der Waals surface area contributed by atoms with Gasteiger partial charge in [-0.25, -0.2) is 0 Å². The van der Waals surface area contributed by atoms with Crippen LogP contribution in [-0.2, 0) is 16.1 Å². The molecule has 7 heteroatoms. The average molecular weight is 403 g/mol. The zero-order valence-electron chi connectivity index (χ0n) is 16.4. The summed E-state index contributed by atoms with van der Waals surface area (Å²) in [5, 5.41) is 8.02. The van der Waals surface area contributed by atoms with Crippen molar-refractivity contribution >= 4 is 35.0 Å². The molecule has 150 valence electrons. The number of nitrogens with one attached hydrogen (secondary N) is 1. The van der Waals surface area contributed by atoms with E-state index >= 15 is 0 Å². The molecule has 2 heterocycles. The molecule has 6 nitrogen and oxygen atoms in total. The molecular formula is C21H27ClN4O2. The second-order valence-electron chi connectivity index (χ2n) is 6.81. The summed E-state index contributed by atoms with van der Waals surface area (Å²) >= 11 is 6.43. The third-order valence-corrected chi connectivity index (χ3v) is 5.15. The molecule has 1 aromatic carbocycles. The Morgan fingerprint density at radius 1 is 1.32 bits per heavy atom. The summed E-state index contributed by atoms with van der Waals surface area (Å²) in [5.74, 6) is -0.197. The van der Waals surface area contributed by atoms with Crippen LogP contribution in [0.3, 0.4) is 0 Å². The number of rotatable bonds is 7. The van der Waals surface area contributed by atoms with Crippen LogP contribution in [0.2, 0.25) is 5.15 Å². The van der Waals surface area contributed by atoms with Gasteiger partial charge in [0.05, 0.1) is 30.3 Å². The first kappa shape index (κ1) is 20.4. The maximum Gasteiger partial charge on any atom is 0.248 e. The van der Waals surface area contributed by atoms with Crippen molar-refractivity contribution in [2.45, 2.75) is 33.2 Å². The van der Waals surface area contributed by atoms with E-state index in [0.717, 1.165) is 55.1 Å². The highest BCUT2D eigenvalue weighted by atomic mass is 35.5. The van der Waals surface area contributed by atoms with Crippen molar-refractivity contribution in [2.75, 3.05) is 36.5 Å². The first-order valence-corrected chi connectivity index (χ1v) is 10.1. The van der Waals surface area contributed by atoms with Gasteiger partial charge in [-0.15, -0.1) is 0 Å². The Labute approximate surface area is 171 Å². The van der Waals surface area contributed by atoms with E-state index in [-0.39, 0.29) is 5.91 Å². The molecule has 1 aliphatic heterocycles. The SMILES string of the molecule is CCCCn1nc(C)c(/C=C/C(=O)Nc2ccccc2N2CCOCC2)c1Cl. The number of anilines is 2. The molecular weight excluding hydrogens is 376 g/mol. The van der Waals surface area contributed by atoms with Crippen molar-refractivity contribution in [3.8, 4) is 0 Å². The number of hydrogen-bond acceptors (Lipinski definition) is 4. The fourth-order valence-electron chi connectivity index (χ4n) is 3.21. The summed E-state index contributed by atoms with van der Waals surface area (Å²) in [5.41, 5.74) is 3.41. The van der Waals surface area contributed by atoms with Crippen LogP contribution in [0.4, 0.5) is 11.4 Å².